The van der Waals surface area contributed by atoms with Gasteiger partial charge in [0.1, 0.15) is 5.75 Å². The molecule has 0 saturated heterocycles. The number of ether oxygens (including phenoxy) is 1. The predicted octanol–water partition coefficient (Wildman–Crippen LogP) is 3.30. The molecule has 0 unspecified atom stereocenters. The minimum Gasteiger partial charge on any atom is -0.481 e. The lowest BCUT2D eigenvalue weighted by Crippen LogP contribution is -2.10. The molecule has 0 fully saturated rings. The maximum absolute atomic E-state index is 10.5. The number of anilines is 1. The summed E-state index contributed by atoms with van der Waals surface area (Å²) in [7, 11) is 0. The molecule has 0 saturated carbocycles. The molecule has 8 heteroatoms. The van der Waals surface area contributed by atoms with Crippen molar-refractivity contribution < 1.29 is 14.6 Å². The third-order valence-corrected chi connectivity index (χ3v) is 2.95. The highest BCUT2D eigenvalue weighted by Crippen LogP contribution is 2.22. The van der Waals surface area contributed by atoms with Gasteiger partial charge in [0.25, 0.3) is 0 Å². The van der Waals surface area contributed by atoms with Crippen LogP contribution in [-0.4, -0.2) is 28.9 Å². The molecular formula is C14H11Cl2N3O3. The van der Waals surface area contributed by atoms with E-state index in [1.165, 1.54) is 18.5 Å². The van der Waals surface area contributed by atoms with E-state index in [-0.39, 0.29) is 0 Å². The topological polar surface area (TPSA) is 83.8 Å². The molecule has 0 aliphatic carbocycles. The molecule has 1 aromatic carbocycles. The zero-order chi connectivity index (χ0) is 15.9. The third kappa shape index (κ3) is 4.61. The molecule has 22 heavy (non-hydrogen) atoms. The number of aliphatic carboxylic acids is 1. The second-order valence-electron chi connectivity index (χ2n) is 4.07. The molecule has 0 radical (unpaired) electrons. The van der Waals surface area contributed by atoms with Crippen LogP contribution >= 0.6 is 23.2 Å². The molecule has 2 aromatic rings. The van der Waals surface area contributed by atoms with Gasteiger partial charge in [-0.2, -0.15) is 5.10 Å². The average molecular weight is 340 g/mol. The minimum absolute atomic E-state index is 0.333. The first-order chi connectivity index (χ1) is 10.6. The smallest absolute Gasteiger partial charge is 0.341 e. The summed E-state index contributed by atoms with van der Waals surface area (Å²) in [6, 6.07) is 8.44. The summed E-state index contributed by atoms with van der Waals surface area (Å²) in [5.74, 6) is -0.293. The minimum atomic E-state index is -1.05. The van der Waals surface area contributed by atoms with E-state index < -0.39 is 12.6 Å². The Morgan fingerprint density at radius 1 is 1.41 bits per heavy atom. The molecule has 2 N–H and O–H groups in total. The van der Waals surface area contributed by atoms with Crippen LogP contribution in [0.4, 0.5) is 5.82 Å². The quantitative estimate of drug-likeness (QED) is 0.623. The fourth-order valence-electron chi connectivity index (χ4n) is 1.52. The molecule has 6 nitrogen and oxygen atoms in total. The van der Waals surface area contributed by atoms with Crippen LogP contribution in [0.25, 0.3) is 0 Å². The molecule has 0 bridgehead atoms. The first-order valence-corrected chi connectivity index (χ1v) is 6.85. The van der Waals surface area contributed by atoms with Gasteiger partial charge in [0.15, 0.2) is 12.4 Å². The lowest BCUT2D eigenvalue weighted by molar-refractivity contribution is -0.139. The Morgan fingerprint density at radius 3 is 2.91 bits per heavy atom. The standard InChI is InChI=1S/C14H11Cl2N3O3/c15-10-5-11(16)14(17-7-10)19-18-6-9-3-1-2-4-12(9)22-8-13(20)21/h1-7H,8H2,(H,17,19)(H,20,21)/b18-6+. The Kier molecular flexibility index (Phi) is 5.57. The molecule has 114 valence electrons. The molecule has 1 heterocycles. The number of carboxylic acid groups (broad SMARTS) is 1. The highest BCUT2D eigenvalue weighted by Gasteiger charge is 2.04. The molecule has 2 rings (SSSR count). The van der Waals surface area contributed by atoms with Crippen LogP contribution < -0.4 is 10.2 Å². The highest BCUT2D eigenvalue weighted by molar-refractivity contribution is 6.35. The van der Waals surface area contributed by atoms with Crippen LogP contribution in [0.1, 0.15) is 5.56 Å². The zero-order valence-corrected chi connectivity index (χ0v) is 12.7. The van der Waals surface area contributed by atoms with Crippen molar-refractivity contribution in [2.24, 2.45) is 5.10 Å². The average Bonchev–Trinajstić information content (AvgIpc) is 2.48. The largest absolute Gasteiger partial charge is 0.481 e. The van der Waals surface area contributed by atoms with Gasteiger partial charge < -0.3 is 9.84 Å². The van der Waals surface area contributed by atoms with Gasteiger partial charge in [-0.05, 0) is 18.2 Å². The molecule has 0 spiro atoms. The number of rotatable bonds is 6. The van der Waals surface area contributed by atoms with Gasteiger partial charge in [-0.1, -0.05) is 35.3 Å². The van der Waals surface area contributed by atoms with Crippen molar-refractivity contribution in [1.29, 1.82) is 0 Å². The maximum Gasteiger partial charge on any atom is 0.341 e. The molecule has 0 atom stereocenters. The van der Waals surface area contributed by atoms with E-state index >= 15 is 0 Å². The highest BCUT2D eigenvalue weighted by atomic mass is 35.5. The predicted molar refractivity (Wildman–Crippen MR) is 85.0 cm³/mol. The van der Waals surface area contributed by atoms with Crippen molar-refractivity contribution in [3.8, 4) is 5.75 Å². The number of nitrogens with zero attached hydrogens (tertiary/aromatic N) is 2. The van der Waals surface area contributed by atoms with Crippen molar-refractivity contribution in [3.05, 3.63) is 52.1 Å². The summed E-state index contributed by atoms with van der Waals surface area (Å²) in [6.07, 6.45) is 2.92. The SMILES string of the molecule is O=C(O)COc1ccccc1/C=N/Nc1ncc(Cl)cc1Cl. The van der Waals surface area contributed by atoms with Crippen LogP contribution in [0.15, 0.2) is 41.6 Å². The number of aromatic nitrogens is 1. The number of carbonyl (C=O) groups is 1. The summed E-state index contributed by atoms with van der Waals surface area (Å²) >= 11 is 11.7. The monoisotopic (exact) mass is 339 g/mol. The van der Waals surface area contributed by atoms with E-state index in [0.29, 0.717) is 27.2 Å². The van der Waals surface area contributed by atoms with Gasteiger partial charge in [-0.3, -0.25) is 5.43 Å². The lowest BCUT2D eigenvalue weighted by Gasteiger charge is -2.06. The Hall–Kier alpha value is -2.31. The molecule has 0 aliphatic heterocycles. The van der Waals surface area contributed by atoms with Crippen molar-refractivity contribution >= 4 is 41.2 Å². The van der Waals surface area contributed by atoms with Gasteiger partial charge in [-0.15, -0.1) is 0 Å². The third-order valence-electron chi connectivity index (χ3n) is 2.45. The number of benzene rings is 1. The van der Waals surface area contributed by atoms with Crippen molar-refractivity contribution in [2.75, 3.05) is 12.0 Å². The first kappa shape index (κ1) is 16.1. The fourth-order valence-corrected chi connectivity index (χ4v) is 1.94. The van der Waals surface area contributed by atoms with Gasteiger partial charge in [0.05, 0.1) is 16.3 Å². The summed E-state index contributed by atoms with van der Waals surface area (Å²) in [4.78, 5) is 14.5. The van der Waals surface area contributed by atoms with Gasteiger partial charge in [-0.25, -0.2) is 9.78 Å². The normalized spacial score (nSPS) is 10.6. The molecular weight excluding hydrogens is 329 g/mol. The van der Waals surface area contributed by atoms with E-state index in [4.69, 9.17) is 33.0 Å². The van der Waals surface area contributed by atoms with Crippen LogP contribution in [0.5, 0.6) is 5.75 Å². The van der Waals surface area contributed by atoms with E-state index in [1.54, 1.807) is 24.3 Å². The van der Waals surface area contributed by atoms with E-state index in [9.17, 15) is 4.79 Å². The molecule has 1 aromatic heterocycles. The summed E-state index contributed by atoms with van der Waals surface area (Å²) < 4.78 is 5.16. The summed E-state index contributed by atoms with van der Waals surface area (Å²) in [5, 5.41) is 13.4. The number of hydrogen-bond acceptors (Lipinski definition) is 5. The number of hydrazone groups is 1. The number of para-hydroxylation sites is 1. The second-order valence-corrected chi connectivity index (χ2v) is 4.92. The van der Waals surface area contributed by atoms with Crippen molar-refractivity contribution in [3.63, 3.8) is 0 Å². The Balaban J connectivity index is 2.08. The van der Waals surface area contributed by atoms with E-state index in [2.05, 4.69) is 15.5 Å². The van der Waals surface area contributed by atoms with Gasteiger partial charge in [0, 0.05) is 11.8 Å². The number of halogens is 2. The fraction of sp³-hybridized carbons (Fsp3) is 0.0714. The lowest BCUT2D eigenvalue weighted by atomic mass is 10.2. The summed E-state index contributed by atoms with van der Waals surface area (Å²) in [5.41, 5.74) is 3.29. The maximum atomic E-state index is 10.5. The van der Waals surface area contributed by atoms with Crippen LogP contribution in [0, 0.1) is 0 Å². The Morgan fingerprint density at radius 2 is 2.18 bits per heavy atom. The Labute approximate surface area is 136 Å². The first-order valence-electron chi connectivity index (χ1n) is 6.10. The number of carboxylic acids is 1. The van der Waals surface area contributed by atoms with E-state index in [0.717, 1.165) is 0 Å². The number of nitrogens with one attached hydrogen (secondary N) is 1. The van der Waals surface area contributed by atoms with Gasteiger partial charge in [0.2, 0.25) is 0 Å². The molecule has 0 aliphatic rings. The van der Waals surface area contributed by atoms with Crippen molar-refractivity contribution in [1.82, 2.24) is 4.98 Å². The van der Waals surface area contributed by atoms with Gasteiger partial charge >= 0.3 is 5.97 Å². The second kappa shape index (κ2) is 7.63. The van der Waals surface area contributed by atoms with E-state index in [1.807, 2.05) is 0 Å². The van der Waals surface area contributed by atoms with Crippen LogP contribution in [0.2, 0.25) is 10.0 Å². The zero-order valence-electron chi connectivity index (χ0n) is 11.2. The number of hydrogen-bond donors (Lipinski definition) is 2. The Bertz CT molecular complexity index is 707. The van der Waals surface area contributed by atoms with Crippen LogP contribution in [-0.2, 0) is 4.79 Å². The molecule has 0 amide bonds. The van der Waals surface area contributed by atoms with Crippen molar-refractivity contribution in [2.45, 2.75) is 0 Å². The van der Waals surface area contributed by atoms with Crippen LogP contribution in [0.3, 0.4) is 0 Å². The number of pyridine rings is 1. The summed E-state index contributed by atoms with van der Waals surface area (Å²) in [6.45, 7) is -0.428.